The van der Waals surface area contributed by atoms with E-state index in [4.69, 9.17) is 21.1 Å². The van der Waals surface area contributed by atoms with Crippen LogP contribution >= 0.6 is 23.4 Å². The molecule has 0 radical (unpaired) electrons. The number of hydrogen-bond acceptors (Lipinski definition) is 5. The lowest BCUT2D eigenvalue weighted by Crippen LogP contribution is -2.26. The van der Waals surface area contributed by atoms with Gasteiger partial charge in [-0.05, 0) is 43.3 Å². The first kappa shape index (κ1) is 19.1. The zero-order valence-electron chi connectivity index (χ0n) is 14.2. The molecule has 2 rings (SSSR count). The fourth-order valence-electron chi connectivity index (χ4n) is 1.95. The number of nitrogens with zero attached hydrogens (tertiary/aromatic N) is 1. The maximum absolute atomic E-state index is 12.1. The first-order valence-electron chi connectivity index (χ1n) is 7.50. The molecule has 25 heavy (non-hydrogen) atoms. The highest BCUT2D eigenvalue weighted by atomic mass is 35.5. The van der Waals surface area contributed by atoms with Gasteiger partial charge in [0.05, 0.1) is 25.7 Å². The topological polar surface area (TPSA) is 59.9 Å². The molecule has 0 aromatic heterocycles. The van der Waals surface area contributed by atoms with E-state index in [1.165, 1.54) is 18.0 Å². The van der Waals surface area contributed by atoms with E-state index in [0.717, 1.165) is 10.5 Å². The number of rotatable bonds is 7. The number of ether oxygens (including phenoxy) is 2. The summed E-state index contributed by atoms with van der Waals surface area (Å²) < 4.78 is 10.4. The van der Waals surface area contributed by atoms with Crippen molar-refractivity contribution in [2.75, 3.05) is 14.2 Å². The summed E-state index contributed by atoms with van der Waals surface area (Å²) in [5.74, 6) is 1.11. The molecule has 0 saturated heterocycles. The summed E-state index contributed by atoms with van der Waals surface area (Å²) >= 11 is 7.29. The molecule has 0 saturated carbocycles. The number of hydrogen-bond donors (Lipinski definition) is 1. The molecule has 7 heteroatoms. The van der Waals surface area contributed by atoms with Crippen LogP contribution in [0.1, 0.15) is 12.5 Å². The van der Waals surface area contributed by atoms with E-state index in [0.29, 0.717) is 16.5 Å². The van der Waals surface area contributed by atoms with Crippen LogP contribution in [0.5, 0.6) is 11.5 Å². The number of nitrogens with one attached hydrogen (secondary N) is 1. The normalized spacial score (nSPS) is 12.0. The molecule has 1 N–H and O–H groups in total. The van der Waals surface area contributed by atoms with Gasteiger partial charge in [-0.3, -0.25) is 4.79 Å². The Bertz CT molecular complexity index is 750. The summed E-state index contributed by atoms with van der Waals surface area (Å²) in [5.41, 5.74) is 3.28. The van der Waals surface area contributed by atoms with Crippen LogP contribution in [0.25, 0.3) is 0 Å². The van der Waals surface area contributed by atoms with E-state index < -0.39 is 0 Å². The van der Waals surface area contributed by atoms with Gasteiger partial charge in [0.15, 0.2) is 0 Å². The Kier molecular flexibility index (Phi) is 7.16. The third-order valence-corrected chi connectivity index (χ3v) is 4.68. The standard InChI is InChI=1S/C18H19ClN2O3S/c1-12(25-16-8-5-14(19)6-9-16)18(22)21-20-11-13-4-7-15(23-2)10-17(13)24-3/h4-12H,1-3H3,(H,21,22). The van der Waals surface area contributed by atoms with E-state index in [1.54, 1.807) is 44.6 Å². The smallest absolute Gasteiger partial charge is 0.253 e. The van der Waals surface area contributed by atoms with Crippen LogP contribution in [-0.4, -0.2) is 31.6 Å². The summed E-state index contributed by atoms with van der Waals surface area (Å²) in [4.78, 5) is 13.1. The number of amides is 1. The number of benzene rings is 2. The Morgan fingerprint density at radius 2 is 1.92 bits per heavy atom. The van der Waals surface area contributed by atoms with Crippen molar-refractivity contribution in [1.82, 2.24) is 5.43 Å². The van der Waals surface area contributed by atoms with Gasteiger partial charge in [-0.15, -0.1) is 11.8 Å². The molecule has 0 bridgehead atoms. The fraction of sp³-hybridized carbons (Fsp3) is 0.222. The predicted octanol–water partition coefficient (Wildman–Crippen LogP) is 3.99. The first-order valence-corrected chi connectivity index (χ1v) is 8.76. The Labute approximate surface area is 156 Å². The van der Waals surface area contributed by atoms with Crippen LogP contribution in [0.3, 0.4) is 0 Å². The van der Waals surface area contributed by atoms with Crippen molar-refractivity contribution in [1.29, 1.82) is 0 Å². The van der Waals surface area contributed by atoms with Crippen molar-refractivity contribution in [2.24, 2.45) is 5.10 Å². The number of carbonyl (C=O) groups excluding carboxylic acids is 1. The number of halogens is 1. The highest BCUT2D eigenvalue weighted by molar-refractivity contribution is 8.00. The highest BCUT2D eigenvalue weighted by Gasteiger charge is 2.13. The largest absolute Gasteiger partial charge is 0.497 e. The van der Waals surface area contributed by atoms with Gasteiger partial charge in [0, 0.05) is 21.5 Å². The van der Waals surface area contributed by atoms with Crippen molar-refractivity contribution in [3.8, 4) is 11.5 Å². The molecular weight excluding hydrogens is 360 g/mol. The molecule has 1 unspecified atom stereocenters. The van der Waals surface area contributed by atoms with Crippen molar-refractivity contribution in [3.05, 3.63) is 53.1 Å². The molecule has 0 heterocycles. The molecule has 0 aliphatic carbocycles. The molecule has 2 aromatic rings. The number of carbonyl (C=O) groups is 1. The third kappa shape index (κ3) is 5.69. The Morgan fingerprint density at radius 3 is 2.56 bits per heavy atom. The second kappa shape index (κ2) is 9.34. The van der Waals surface area contributed by atoms with E-state index in [2.05, 4.69) is 10.5 Å². The lowest BCUT2D eigenvalue weighted by molar-refractivity contribution is -0.120. The molecule has 0 fully saturated rings. The minimum absolute atomic E-state index is 0.191. The maximum atomic E-state index is 12.1. The second-order valence-electron chi connectivity index (χ2n) is 5.06. The predicted molar refractivity (Wildman–Crippen MR) is 102 cm³/mol. The van der Waals surface area contributed by atoms with Gasteiger partial charge >= 0.3 is 0 Å². The van der Waals surface area contributed by atoms with Crippen molar-refractivity contribution in [2.45, 2.75) is 17.1 Å². The first-order chi connectivity index (χ1) is 12.0. The number of thioether (sulfide) groups is 1. The molecule has 0 aliphatic rings. The van der Waals surface area contributed by atoms with Crippen LogP contribution in [0.4, 0.5) is 0 Å². The van der Waals surface area contributed by atoms with E-state index >= 15 is 0 Å². The SMILES string of the molecule is COc1ccc(C=NNC(=O)C(C)Sc2ccc(Cl)cc2)c(OC)c1. The van der Waals surface area contributed by atoms with Gasteiger partial charge in [-0.25, -0.2) is 5.43 Å². The van der Waals surface area contributed by atoms with Gasteiger partial charge in [-0.1, -0.05) is 11.6 Å². The fourth-order valence-corrected chi connectivity index (χ4v) is 2.94. The van der Waals surface area contributed by atoms with Crippen LogP contribution in [0.15, 0.2) is 52.5 Å². The highest BCUT2D eigenvalue weighted by Crippen LogP contribution is 2.25. The minimum atomic E-state index is -0.295. The summed E-state index contributed by atoms with van der Waals surface area (Å²) in [5, 5.41) is 4.37. The maximum Gasteiger partial charge on any atom is 0.253 e. The minimum Gasteiger partial charge on any atom is -0.497 e. The summed E-state index contributed by atoms with van der Waals surface area (Å²) in [7, 11) is 3.15. The Hall–Kier alpha value is -2.18. The van der Waals surface area contributed by atoms with Gasteiger partial charge < -0.3 is 9.47 Å². The summed E-state index contributed by atoms with van der Waals surface area (Å²) in [6.07, 6.45) is 1.54. The Balaban J connectivity index is 1.94. The lowest BCUT2D eigenvalue weighted by Gasteiger charge is -2.10. The van der Waals surface area contributed by atoms with E-state index in [1.807, 2.05) is 19.1 Å². The van der Waals surface area contributed by atoms with Crippen molar-refractivity contribution >= 4 is 35.5 Å². The zero-order valence-corrected chi connectivity index (χ0v) is 15.7. The average Bonchev–Trinajstić information content (AvgIpc) is 2.63. The monoisotopic (exact) mass is 378 g/mol. The number of methoxy groups -OCH3 is 2. The molecule has 1 amide bonds. The van der Waals surface area contributed by atoms with Crippen molar-refractivity contribution < 1.29 is 14.3 Å². The number of hydrazone groups is 1. The van der Waals surface area contributed by atoms with Gasteiger partial charge in [0.2, 0.25) is 0 Å². The van der Waals surface area contributed by atoms with Crippen LogP contribution in [0.2, 0.25) is 5.02 Å². The van der Waals surface area contributed by atoms with E-state index in [-0.39, 0.29) is 11.2 Å². The van der Waals surface area contributed by atoms with Crippen LogP contribution in [0, 0.1) is 0 Å². The van der Waals surface area contributed by atoms with Gasteiger partial charge in [0.25, 0.3) is 5.91 Å². The van der Waals surface area contributed by atoms with Crippen LogP contribution < -0.4 is 14.9 Å². The van der Waals surface area contributed by atoms with Gasteiger partial charge in [-0.2, -0.15) is 5.10 Å². The molecule has 132 valence electrons. The average molecular weight is 379 g/mol. The Morgan fingerprint density at radius 1 is 1.20 bits per heavy atom. The lowest BCUT2D eigenvalue weighted by atomic mass is 10.2. The van der Waals surface area contributed by atoms with Crippen LogP contribution in [-0.2, 0) is 4.79 Å². The summed E-state index contributed by atoms with van der Waals surface area (Å²) in [6.45, 7) is 1.82. The quantitative estimate of drug-likeness (QED) is 0.449. The summed E-state index contributed by atoms with van der Waals surface area (Å²) in [6, 6.07) is 12.7. The third-order valence-electron chi connectivity index (χ3n) is 3.31. The molecule has 2 aromatic carbocycles. The molecule has 0 aliphatic heterocycles. The van der Waals surface area contributed by atoms with E-state index in [9.17, 15) is 4.79 Å². The molecule has 5 nitrogen and oxygen atoms in total. The molecule has 1 atom stereocenters. The zero-order chi connectivity index (χ0) is 18.2. The van der Waals surface area contributed by atoms with Crippen molar-refractivity contribution in [3.63, 3.8) is 0 Å². The van der Waals surface area contributed by atoms with Gasteiger partial charge in [0.1, 0.15) is 11.5 Å². The molecular formula is C18H19ClN2O3S. The molecule has 0 spiro atoms. The second-order valence-corrected chi connectivity index (χ2v) is 6.91.